The third-order valence-corrected chi connectivity index (χ3v) is 5.23. The molecule has 5 heteroatoms. The summed E-state index contributed by atoms with van der Waals surface area (Å²) in [5.74, 6) is -1.31. The first-order chi connectivity index (χ1) is 13.0. The van der Waals surface area contributed by atoms with Crippen LogP contribution >= 0.6 is 0 Å². The Morgan fingerprint density at radius 2 is 1.81 bits per heavy atom. The Balaban J connectivity index is 1.94. The maximum absolute atomic E-state index is 13.5. The van der Waals surface area contributed by atoms with Crippen LogP contribution in [-0.4, -0.2) is 20.9 Å². The van der Waals surface area contributed by atoms with Crippen LogP contribution < -0.4 is 0 Å². The van der Waals surface area contributed by atoms with E-state index in [2.05, 4.69) is 5.10 Å². The minimum absolute atomic E-state index is 0.0730. The molecular formula is C22H19FN2O2. The van der Waals surface area contributed by atoms with E-state index in [4.69, 9.17) is 0 Å². The first kappa shape index (κ1) is 17.2. The predicted molar refractivity (Wildman–Crippen MR) is 101 cm³/mol. The Kier molecular flexibility index (Phi) is 4.15. The fraction of sp³-hybridized carbons (Fsp3) is 0.182. The third-order valence-electron chi connectivity index (χ3n) is 5.23. The Labute approximate surface area is 156 Å². The van der Waals surface area contributed by atoms with Crippen LogP contribution in [0.15, 0.2) is 60.7 Å². The van der Waals surface area contributed by atoms with E-state index in [0.29, 0.717) is 18.5 Å². The van der Waals surface area contributed by atoms with Gasteiger partial charge in [-0.05, 0) is 30.2 Å². The number of nitrogens with zero attached hydrogens (tertiary/aromatic N) is 2. The van der Waals surface area contributed by atoms with Crippen LogP contribution in [-0.2, 0) is 18.4 Å². The van der Waals surface area contributed by atoms with Gasteiger partial charge in [0.2, 0.25) is 0 Å². The summed E-state index contributed by atoms with van der Waals surface area (Å²) >= 11 is 0. The van der Waals surface area contributed by atoms with Gasteiger partial charge in [0.25, 0.3) is 0 Å². The average molecular weight is 362 g/mol. The van der Waals surface area contributed by atoms with Crippen LogP contribution in [0.1, 0.15) is 39.8 Å². The van der Waals surface area contributed by atoms with Crippen LogP contribution in [0.3, 0.4) is 0 Å². The zero-order chi connectivity index (χ0) is 19.0. The first-order valence-electron chi connectivity index (χ1n) is 8.89. The minimum Gasteiger partial charge on any atom is -0.476 e. The molecule has 1 N–H and O–H groups in total. The molecule has 136 valence electrons. The number of carboxylic acids is 1. The van der Waals surface area contributed by atoms with Crippen molar-refractivity contribution >= 4 is 12.0 Å². The number of benzene rings is 2. The number of aromatic nitrogens is 2. The molecule has 1 atom stereocenters. The van der Waals surface area contributed by atoms with E-state index in [1.165, 1.54) is 12.1 Å². The number of hydrogen-bond acceptors (Lipinski definition) is 2. The fourth-order valence-electron chi connectivity index (χ4n) is 3.89. The highest BCUT2D eigenvalue weighted by atomic mass is 19.1. The zero-order valence-corrected chi connectivity index (χ0v) is 14.9. The highest BCUT2D eigenvalue weighted by molar-refractivity contribution is 5.91. The minimum atomic E-state index is -1.03. The summed E-state index contributed by atoms with van der Waals surface area (Å²) in [7, 11) is 0. The highest BCUT2D eigenvalue weighted by Gasteiger charge is 2.38. The van der Waals surface area contributed by atoms with Gasteiger partial charge >= 0.3 is 5.97 Å². The van der Waals surface area contributed by atoms with E-state index in [9.17, 15) is 14.3 Å². The number of halogens is 1. The predicted octanol–water partition coefficient (Wildman–Crippen LogP) is 4.30. The Hall–Kier alpha value is -3.21. The molecule has 0 saturated carbocycles. The van der Waals surface area contributed by atoms with Crippen molar-refractivity contribution in [2.24, 2.45) is 0 Å². The van der Waals surface area contributed by atoms with E-state index in [-0.39, 0.29) is 11.5 Å². The van der Waals surface area contributed by atoms with E-state index < -0.39 is 11.4 Å². The van der Waals surface area contributed by atoms with Gasteiger partial charge in [-0.25, -0.2) is 9.18 Å². The van der Waals surface area contributed by atoms with Gasteiger partial charge in [0.15, 0.2) is 5.69 Å². The number of carbonyl (C=O) groups is 1. The summed E-state index contributed by atoms with van der Waals surface area (Å²) < 4.78 is 15.3. The number of rotatable bonds is 4. The molecule has 0 aliphatic heterocycles. The quantitative estimate of drug-likeness (QED) is 0.753. The second-order valence-corrected chi connectivity index (χ2v) is 6.68. The molecule has 1 aliphatic carbocycles. The maximum atomic E-state index is 13.5. The van der Waals surface area contributed by atoms with Crippen molar-refractivity contribution in [2.75, 3.05) is 0 Å². The molecule has 1 aromatic heterocycles. The summed E-state index contributed by atoms with van der Waals surface area (Å²) in [5.41, 5.74) is 3.12. The lowest BCUT2D eigenvalue weighted by molar-refractivity contribution is 0.0689. The largest absolute Gasteiger partial charge is 0.476 e. The number of carboxylic acid groups (broad SMARTS) is 1. The van der Waals surface area contributed by atoms with Gasteiger partial charge in [0.05, 0.1) is 0 Å². The summed E-state index contributed by atoms with van der Waals surface area (Å²) in [6.45, 7) is 2.52. The summed E-state index contributed by atoms with van der Waals surface area (Å²) in [4.78, 5) is 11.6. The van der Waals surface area contributed by atoms with Gasteiger partial charge in [0, 0.05) is 29.6 Å². The van der Waals surface area contributed by atoms with Crippen LogP contribution in [0.2, 0.25) is 0 Å². The van der Waals surface area contributed by atoms with E-state index in [1.807, 2.05) is 49.4 Å². The number of aryl methyl sites for hydroxylation is 1. The van der Waals surface area contributed by atoms with Crippen molar-refractivity contribution in [1.82, 2.24) is 9.78 Å². The highest BCUT2D eigenvalue weighted by Crippen LogP contribution is 2.42. The molecule has 3 aromatic rings. The van der Waals surface area contributed by atoms with Crippen LogP contribution in [0.4, 0.5) is 4.39 Å². The van der Waals surface area contributed by atoms with Crippen molar-refractivity contribution in [2.45, 2.75) is 25.3 Å². The zero-order valence-electron chi connectivity index (χ0n) is 14.9. The fourth-order valence-corrected chi connectivity index (χ4v) is 3.89. The van der Waals surface area contributed by atoms with E-state index in [1.54, 1.807) is 16.8 Å². The lowest BCUT2D eigenvalue weighted by atomic mass is 9.68. The first-order valence-corrected chi connectivity index (χ1v) is 8.89. The molecule has 27 heavy (non-hydrogen) atoms. The van der Waals surface area contributed by atoms with E-state index >= 15 is 0 Å². The van der Waals surface area contributed by atoms with Gasteiger partial charge in [-0.1, -0.05) is 54.6 Å². The average Bonchev–Trinajstić information content (AvgIpc) is 3.07. The van der Waals surface area contributed by atoms with Crippen molar-refractivity contribution in [3.8, 4) is 0 Å². The molecule has 0 fully saturated rings. The molecule has 4 rings (SSSR count). The molecule has 0 bridgehead atoms. The molecule has 0 amide bonds. The molecule has 1 heterocycles. The SMILES string of the molecule is CCn1nc(C(=O)O)c2c1CC(c1ccccc1)(c1ccc(F)cc1)C=C2. The normalized spacial score (nSPS) is 18.3. The van der Waals surface area contributed by atoms with Crippen molar-refractivity contribution in [1.29, 1.82) is 0 Å². The van der Waals surface area contributed by atoms with Crippen LogP contribution in [0.25, 0.3) is 6.08 Å². The Bertz CT molecular complexity index is 1020. The molecule has 1 aliphatic rings. The molecule has 0 saturated heterocycles. The smallest absolute Gasteiger partial charge is 0.357 e. The van der Waals surface area contributed by atoms with Gasteiger partial charge < -0.3 is 5.11 Å². The number of hydrogen-bond donors (Lipinski definition) is 1. The van der Waals surface area contributed by atoms with Crippen LogP contribution in [0, 0.1) is 5.82 Å². The molecule has 0 spiro atoms. The van der Waals surface area contributed by atoms with Crippen molar-refractivity contribution in [3.05, 3.63) is 94.6 Å². The molecule has 1 unspecified atom stereocenters. The van der Waals surface area contributed by atoms with Gasteiger partial charge in [0.1, 0.15) is 5.82 Å². The monoisotopic (exact) mass is 362 g/mol. The molecule has 4 nitrogen and oxygen atoms in total. The van der Waals surface area contributed by atoms with Gasteiger partial charge in [-0.15, -0.1) is 0 Å². The number of aromatic carboxylic acids is 1. The summed E-state index contributed by atoms with van der Waals surface area (Å²) in [6, 6.07) is 16.5. The Morgan fingerprint density at radius 3 is 2.44 bits per heavy atom. The van der Waals surface area contributed by atoms with Gasteiger partial charge in [-0.3, -0.25) is 4.68 Å². The third kappa shape index (κ3) is 2.76. The lowest BCUT2D eigenvalue weighted by Crippen LogP contribution is -2.31. The lowest BCUT2D eigenvalue weighted by Gasteiger charge is -2.35. The Morgan fingerprint density at radius 1 is 1.15 bits per heavy atom. The molecular weight excluding hydrogens is 343 g/mol. The summed E-state index contributed by atoms with van der Waals surface area (Å²) in [5, 5.41) is 13.8. The van der Waals surface area contributed by atoms with Crippen molar-refractivity contribution in [3.63, 3.8) is 0 Å². The molecule has 2 aromatic carbocycles. The maximum Gasteiger partial charge on any atom is 0.357 e. The van der Waals surface area contributed by atoms with E-state index in [0.717, 1.165) is 16.8 Å². The topological polar surface area (TPSA) is 55.1 Å². The van der Waals surface area contributed by atoms with Crippen LogP contribution in [0.5, 0.6) is 0 Å². The standard InChI is InChI=1S/C22H19FN2O2/c1-2-25-19-14-22(15-6-4-3-5-7-15,16-8-10-17(23)11-9-16)13-12-18(19)20(24-25)21(26)27/h3-13H,2,14H2,1H3,(H,26,27). The summed E-state index contributed by atoms with van der Waals surface area (Å²) in [6.07, 6.45) is 4.42. The number of allylic oxidation sites excluding steroid dienone is 1. The molecule has 0 radical (unpaired) electrons. The van der Waals surface area contributed by atoms with Crippen molar-refractivity contribution < 1.29 is 14.3 Å². The second kappa shape index (κ2) is 6.50. The number of fused-ring (bicyclic) bond motifs is 1. The second-order valence-electron chi connectivity index (χ2n) is 6.68. The van der Waals surface area contributed by atoms with Gasteiger partial charge in [-0.2, -0.15) is 5.10 Å².